The molecule has 114 valence electrons. The van der Waals surface area contributed by atoms with Gasteiger partial charge in [0.2, 0.25) is 0 Å². The molecule has 0 spiro atoms. The van der Waals surface area contributed by atoms with E-state index in [1.165, 1.54) is 12.1 Å². The van der Waals surface area contributed by atoms with E-state index in [-0.39, 0.29) is 28.0 Å². The van der Waals surface area contributed by atoms with Crippen LogP contribution in [0.25, 0.3) is 0 Å². The third-order valence-corrected chi connectivity index (χ3v) is 7.09. The molecular formula is C17H21FO2S. The van der Waals surface area contributed by atoms with Gasteiger partial charge in [-0.2, -0.15) is 0 Å². The van der Waals surface area contributed by atoms with Crippen LogP contribution in [0.1, 0.15) is 53.6 Å². The predicted octanol–water partition coefficient (Wildman–Crippen LogP) is 3.71. The molecule has 0 amide bonds. The summed E-state index contributed by atoms with van der Waals surface area (Å²) in [6.07, 6.45) is 4.57. The fraction of sp³-hybridized carbons (Fsp3) is 0.588. The first kappa shape index (κ1) is 14.9. The lowest BCUT2D eigenvalue weighted by Crippen LogP contribution is -2.41. The maximum Gasteiger partial charge on any atom is 0.166 e. The van der Waals surface area contributed by atoms with Crippen LogP contribution in [0.3, 0.4) is 0 Å². The van der Waals surface area contributed by atoms with E-state index in [0.29, 0.717) is 16.7 Å². The molecule has 2 nitrogen and oxygen atoms in total. The SMILES string of the molecule is Cc1cc(F)cc(C)c1C(=O)C1CC2CCCC(C1)S2=O. The van der Waals surface area contributed by atoms with Gasteiger partial charge >= 0.3 is 0 Å². The van der Waals surface area contributed by atoms with Crippen molar-refractivity contribution in [1.29, 1.82) is 0 Å². The topological polar surface area (TPSA) is 34.1 Å². The summed E-state index contributed by atoms with van der Waals surface area (Å²) in [6.45, 7) is 3.59. The van der Waals surface area contributed by atoms with Gasteiger partial charge in [-0.1, -0.05) is 6.42 Å². The molecule has 0 aliphatic carbocycles. The lowest BCUT2D eigenvalue weighted by Gasteiger charge is -2.37. The molecule has 21 heavy (non-hydrogen) atoms. The van der Waals surface area contributed by atoms with E-state index >= 15 is 0 Å². The number of carbonyl (C=O) groups excluding carboxylic acids is 1. The Balaban J connectivity index is 1.88. The van der Waals surface area contributed by atoms with Gasteiger partial charge in [-0.05, 0) is 62.8 Å². The highest BCUT2D eigenvalue weighted by molar-refractivity contribution is 7.86. The van der Waals surface area contributed by atoms with Crippen molar-refractivity contribution in [2.24, 2.45) is 5.92 Å². The quantitative estimate of drug-likeness (QED) is 0.781. The van der Waals surface area contributed by atoms with Crippen LogP contribution in [0.2, 0.25) is 0 Å². The fourth-order valence-electron chi connectivity index (χ4n) is 3.95. The Hall–Kier alpha value is -1.03. The number of Topliss-reactive ketones (excluding diaryl/α,β-unsaturated/α-hetero) is 1. The molecule has 2 saturated heterocycles. The Labute approximate surface area is 127 Å². The summed E-state index contributed by atoms with van der Waals surface area (Å²) < 4.78 is 25.6. The Kier molecular flexibility index (Phi) is 4.00. The van der Waals surface area contributed by atoms with Crippen molar-refractivity contribution in [1.82, 2.24) is 0 Å². The van der Waals surface area contributed by atoms with Gasteiger partial charge in [0.15, 0.2) is 5.78 Å². The van der Waals surface area contributed by atoms with E-state index in [0.717, 1.165) is 32.1 Å². The van der Waals surface area contributed by atoms with Crippen LogP contribution in [0.15, 0.2) is 12.1 Å². The van der Waals surface area contributed by atoms with Gasteiger partial charge < -0.3 is 0 Å². The first-order chi connectivity index (χ1) is 9.97. The smallest absolute Gasteiger partial charge is 0.166 e. The summed E-state index contributed by atoms with van der Waals surface area (Å²) in [5.41, 5.74) is 2.11. The van der Waals surface area contributed by atoms with Gasteiger partial charge in [0, 0.05) is 32.8 Å². The highest BCUT2D eigenvalue weighted by atomic mass is 32.2. The van der Waals surface area contributed by atoms with E-state index in [9.17, 15) is 13.4 Å². The van der Waals surface area contributed by atoms with Gasteiger partial charge in [0.05, 0.1) is 0 Å². The van der Waals surface area contributed by atoms with E-state index in [2.05, 4.69) is 0 Å². The number of benzene rings is 1. The first-order valence-electron chi connectivity index (χ1n) is 7.67. The lowest BCUT2D eigenvalue weighted by atomic mass is 9.82. The molecule has 1 aromatic rings. The minimum absolute atomic E-state index is 0.0409. The molecule has 2 bridgehead atoms. The first-order valence-corrected chi connectivity index (χ1v) is 8.95. The number of carbonyl (C=O) groups is 1. The van der Waals surface area contributed by atoms with Crippen molar-refractivity contribution in [3.05, 3.63) is 34.6 Å². The summed E-state index contributed by atoms with van der Waals surface area (Å²) in [6, 6.07) is 2.87. The molecule has 0 saturated carbocycles. The lowest BCUT2D eigenvalue weighted by molar-refractivity contribution is 0.0894. The number of aryl methyl sites for hydroxylation is 2. The van der Waals surface area contributed by atoms with E-state index in [1.807, 2.05) is 0 Å². The maximum absolute atomic E-state index is 13.4. The van der Waals surface area contributed by atoms with Crippen LogP contribution >= 0.6 is 0 Å². The molecule has 2 aliphatic rings. The van der Waals surface area contributed by atoms with Crippen LogP contribution in [0.5, 0.6) is 0 Å². The number of hydrogen-bond acceptors (Lipinski definition) is 2. The van der Waals surface area contributed by atoms with E-state index < -0.39 is 10.8 Å². The highest BCUT2D eigenvalue weighted by Crippen LogP contribution is 2.38. The molecule has 0 aromatic heterocycles. The summed E-state index contributed by atoms with van der Waals surface area (Å²) in [5, 5.41) is 0.375. The molecule has 0 radical (unpaired) electrons. The van der Waals surface area contributed by atoms with Crippen molar-refractivity contribution in [2.75, 3.05) is 0 Å². The average molecular weight is 308 g/mol. The van der Waals surface area contributed by atoms with E-state index in [4.69, 9.17) is 0 Å². The van der Waals surface area contributed by atoms with Crippen LogP contribution in [0, 0.1) is 25.6 Å². The Morgan fingerprint density at radius 2 is 1.67 bits per heavy atom. The van der Waals surface area contributed by atoms with Gasteiger partial charge in [0.1, 0.15) is 5.82 Å². The summed E-state index contributed by atoms with van der Waals surface area (Å²) in [5.74, 6) is -0.206. The molecule has 2 atom stereocenters. The van der Waals surface area contributed by atoms with Crippen molar-refractivity contribution in [3.63, 3.8) is 0 Å². The van der Waals surface area contributed by atoms with Gasteiger partial charge in [-0.25, -0.2) is 4.39 Å². The predicted molar refractivity (Wildman–Crippen MR) is 82.5 cm³/mol. The monoisotopic (exact) mass is 308 g/mol. The third kappa shape index (κ3) is 2.70. The van der Waals surface area contributed by atoms with Crippen molar-refractivity contribution in [3.8, 4) is 0 Å². The molecule has 0 N–H and O–H groups in total. The summed E-state index contributed by atoms with van der Waals surface area (Å²) >= 11 is 0. The standard InChI is InChI=1S/C17H21FO2S/c1-10-6-13(18)7-11(2)16(10)17(19)12-8-14-4-3-5-15(9-12)21(14)20/h6-7,12,14-15H,3-5,8-9H2,1-2H3. The Bertz CT molecular complexity index is 572. The molecule has 1 aromatic carbocycles. The van der Waals surface area contributed by atoms with Crippen molar-refractivity contribution < 1.29 is 13.4 Å². The number of rotatable bonds is 2. The van der Waals surface area contributed by atoms with Crippen molar-refractivity contribution in [2.45, 2.75) is 56.5 Å². The number of halogens is 1. The molecule has 2 unspecified atom stereocenters. The van der Waals surface area contributed by atoms with E-state index in [1.54, 1.807) is 13.8 Å². The second-order valence-electron chi connectivity index (χ2n) is 6.45. The van der Waals surface area contributed by atoms with Crippen LogP contribution in [0.4, 0.5) is 4.39 Å². The summed E-state index contributed by atoms with van der Waals surface area (Å²) in [4.78, 5) is 12.9. The molecule has 2 aliphatic heterocycles. The second-order valence-corrected chi connectivity index (χ2v) is 8.44. The minimum atomic E-state index is -0.756. The Morgan fingerprint density at radius 3 is 2.19 bits per heavy atom. The zero-order valence-corrected chi connectivity index (χ0v) is 13.3. The van der Waals surface area contributed by atoms with Gasteiger partial charge in [-0.15, -0.1) is 0 Å². The molecule has 2 fully saturated rings. The summed E-state index contributed by atoms with van der Waals surface area (Å²) in [7, 11) is -0.756. The third-order valence-electron chi connectivity index (χ3n) is 4.92. The number of fused-ring (bicyclic) bond motifs is 2. The highest BCUT2D eigenvalue weighted by Gasteiger charge is 2.41. The van der Waals surface area contributed by atoms with Crippen LogP contribution in [-0.4, -0.2) is 20.5 Å². The zero-order chi connectivity index (χ0) is 15.1. The number of ketones is 1. The molecule has 4 heteroatoms. The van der Waals surface area contributed by atoms with Crippen molar-refractivity contribution >= 4 is 16.6 Å². The van der Waals surface area contributed by atoms with Gasteiger partial charge in [0.25, 0.3) is 0 Å². The average Bonchev–Trinajstić information content (AvgIpc) is 2.36. The normalized spacial score (nSPS) is 32.0. The number of hydrogen-bond donors (Lipinski definition) is 0. The largest absolute Gasteiger partial charge is 0.294 e. The fourth-order valence-corrected chi connectivity index (χ4v) is 6.14. The second kappa shape index (κ2) is 5.64. The molecule has 3 rings (SSSR count). The molecular weight excluding hydrogens is 287 g/mol. The minimum Gasteiger partial charge on any atom is -0.294 e. The van der Waals surface area contributed by atoms with Gasteiger partial charge in [-0.3, -0.25) is 9.00 Å². The zero-order valence-electron chi connectivity index (χ0n) is 12.5. The van der Waals surface area contributed by atoms with Crippen LogP contribution in [-0.2, 0) is 10.8 Å². The van der Waals surface area contributed by atoms with Crippen LogP contribution < -0.4 is 0 Å². The maximum atomic E-state index is 13.4. The Morgan fingerprint density at radius 1 is 1.14 bits per heavy atom. The molecule has 2 heterocycles.